The average molecular weight is 631 g/mol. The minimum Gasteiger partial charge on any atom is -0.597 e. The molecule has 2 heterocycles. The summed E-state index contributed by atoms with van der Waals surface area (Å²) in [5.74, 6) is -1.47. The van der Waals surface area contributed by atoms with Crippen molar-refractivity contribution in [2.24, 2.45) is 5.92 Å². The second-order valence-electron chi connectivity index (χ2n) is 11.3. The lowest BCUT2D eigenvalue weighted by atomic mass is 9.85. The molecule has 4 rings (SSSR count). The highest BCUT2D eigenvalue weighted by Crippen LogP contribution is 2.38. The Labute approximate surface area is 234 Å². The third kappa shape index (κ3) is 9.38. The van der Waals surface area contributed by atoms with E-state index in [9.17, 15) is 43.9 Å². The summed E-state index contributed by atoms with van der Waals surface area (Å²) in [6.07, 6.45) is -14.6. The van der Waals surface area contributed by atoms with E-state index in [4.69, 9.17) is 4.74 Å². The van der Waals surface area contributed by atoms with Crippen LogP contribution in [0.4, 0.5) is 35.1 Å². The van der Waals surface area contributed by atoms with Gasteiger partial charge < -0.3 is 9.29 Å². The van der Waals surface area contributed by atoms with Crippen LogP contribution in [-0.4, -0.2) is 89.5 Å². The third-order valence-electron chi connectivity index (χ3n) is 8.20. The molecule has 0 amide bonds. The first-order valence-electron chi connectivity index (χ1n) is 13.9. The van der Waals surface area contributed by atoms with Gasteiger partial charge in [-0.2, -0.15) is 26.3 Å². The van der Waals surface area contributed by atoms with Gasteiger partial charge in [0, 0.05) is 31.6 Å². The fraction of sp³-hybridized carbons (Fsp3) is 1.00. The van der Waals surface area contributed by atoms with Gasteiger partial charge in [0.2, 0.25) is 0 Å². The Hall–Kier alpha value is -0.730. The monoisotopic (exact) mass is 630 g/mol. The molecule has 2 saturated heterocycles. The normalized spacial score (nSPS) is 38.5. The second-order valence-corrected chi connectivity index (χ2v) is 13.5. The predicted octanol–water partition coefficient (Wildman–Crippen LogP) is 2.74. The van der Waals surface area contributed by atoms with Gasteiger partial charge in [-0.25, -0.2) is 8.78 Å². The Bertz CT molecular complexity index is 896. The van der Waals surface area contributed by atoms with Gasteiger partial charge in [-0.1, -0.05) is 10.6 Å². The van der Waals surface area contributed by atoms with Gasteiger partial charge in [0.25, 0.3) is 0 Å². The number of sulfonamides is 1. The standard InChI is InChI=1S/C23H38F8N6O3S/c24-17-5-4-16(11-18(17)25)41(38,39)37-8-6-14(7-9-37)32-19-34-20(36-21(35-19)40-12-22(26,27)28)33-15-3-1-2-13(10-15)23(29,30)31/h13-21,32-36H,1-12H2. The molecule has 0 bridgehead atoms. The van der Waals surface area contributed by atoms with Crippen LogP contribution in [0.3, 0.4) is 0 Å². The van der Waals surface area contributed by atoms with E-state index < -0.39 is 77.8 Å². The Morgan fingerprint density at radius 1 is 0.829 bits per heavy atom. The second kappa shape index (κ2) is 13.5. The molecule has 9 nitrogen and oxygen atoms in total. The molecule has 4 aliphatic rings. The summed E-state index contributed by atoms with van der Waals surface area (Å²) in [7, 11) is -3.83. The summed E-state index contributed by atoms with van der Waals surface area (Å²) in [5.41, 5.74) is 0. The number of piperidine rings is 1. The van der Waals surface area contributed by atoms with E-state index in [1.807, 2.05) is 0 Å². The summed E-state index contributed by atoms with van der Waals surface area (Å²) in [6, 6.07) is -0.805. The average Bonchev–Trinajstić information content (AvgIpc) is 2.88. The van der Waals surface area contributed by atoms with Gasteiger partial charge in [-0.05, 0) is 44.9 Å². The third-order valence-corrected chi connectivity index (χ3v) is 10.6. The Kier molecular flexibility index (Phi) is 10.9. The van der Waals surface area contributed by atoms with Gasteiger partial charge in [-0.3, -0.25) is 26.6 Å². The van der Waals surface area contributed by atoms with E-state index in [2.05, 4.69) is 26.6 Å². The largest absolute Gasteiger partial charge is 0.597 e. The topological polar surface area (TPSA) is 113 Å². The van der Waals surface area contributed by atoms with Gasteiger partial charge >= 0.3 is 12.4 Å². The molecular weight excluding hydrogens is 592 g/mol. The van der Waals surface area contributed by atoms with Crippen LogP contribution in [0.5, 0.6) is 0 Å². The maximum Gasteiger partial charge on any atom is 0.411 e. The molecule has 0 spiro atoms. The zero-order chi connectivity index (χ0) is 30.0. The van der Waals surface area contributed by atoms with Gasteiger partial charge in [0.1, 0.15) is 47.2 Å². The molecule has 0 aromatic heterocycles. The van der Waals surface area contributed by atoms with Gasteiger partial charge in [0.05, 0.1) is 5.92 Å². The smallest absolute Gasteiger partial charge is 0.411 e. The molecule has 41 heavy (non-hydrogen) atoms. The zero-order valence-electron chi connectivity index (χ0n) is 22.3. The van der Waals surface area contributed by atoms with Crippen molar-refractivity contribution in [2.75, 3.05) is 19.7 Å². The lowest BCUT2D eigenvalue weighted by molar-refractivity contribution is -0.199. The number of alkyl halides is 8. The summed E-state index contributed by atoms with van der Waals surface area (Å²) < 4.78 is 138. The lowest BCUT2D eigenvalue weighted by Crippen LogP contribution is -2.76. The van der Waals surface area contributed by atoms with Crippen molar-refractivity contribution in [2.45, 2.75) is 119 Å². The first kappa shape index (κ1) is 33.2. The molecule has 2 aliphatic heterocycles. The zero-order valence-corrected chi connectivity index (χ0v) is 23.1. The molecule has 4 fully saturated rings. The summed E-state index contributed by atoms with van der Waals surface area (Å²) in [4.78, 5) is 0. The number of nitrogens with zero attached hydrogens (tertiary/aromatic N) is 1. The quantitative estimate of drug-likeness (QED) is 0.206. The van der Waals surface area contributed by atoms with Crippen LogP contribution in [0.2, 0.25) is 0 Å². The molecule has 2 saturated carbocycles. The van der Waals surface area contributed by atoms with E-state index >= 15 is 0 Å². The van der Waals surface area contributed by atoms with Crippen LogP contribution in [0, 0.1) is 5.92 Å². The summed E-state index contributed by atoms with van der Waals surface area (Å²) in [6.45, 7) is -1.32. The molecule has 9 unspecified atom stereocenters. The van der Waals surface area contributed by atoms with Crippen molar-refractivity contribution < 1.29 is 48.6 Å². The van der Waals surface area contributed by atoms with E-state index in [-0.39, 0.29) is 51.2 Å². The fourth-order valence-electron chi connectivity index (χ4n) is 5.99. The minimum atomic E-state index is -4.60. The highest BCUT2D eigenvalue weighted by atomic mass is 32.3. The van der Waals surface area contributed by atoms with E-state index in [1.165, 1.54) is 4.31 Å². The number of ether oxygens (including phenoxy) is 1. The van der Waals surface area contributed by atoms with Crippen LogP contribution < -0.4 is 26.6 Å². The van der Waals surface area contributed by atoms with E-state index in [0.29, 0.717) is 25.7 Å². The van der Waals surface area contributed by atoms with Crippen molar-refractivity contribution in [1.29, 1.82) is 0 Å². The molecule has 0 aromatic carbocycles. The van der Waals surface area contributed by atoms with Crippen LogP contribution in [0.15, 0.2) is 0 Å². The Morgan fingerprint density at radius 3 is 2.05 bits per heavy atom. The Morgan fingerprint density at radius 2 is 1.46 bits per heavy atom. The molecule has 240 valence electrons. The van der Waals surface area contributed by atoms with Crippen LogP contribution in [-0.2, 0) is 19.3 Å². The van der Waals surface area contributed by atoms with E-state index in [1.54, 1.807) is 0 Å². The minimum absolute atomic E-state index is 0.0240. The SMILES string of the molecule is O=[S+]([O-])(C1CCC(F)C(F)C1)N1CCC(NC2NC(NC3CCCC(C(F)(F)F)C3)NC(OCC(F)(F)F)N2)CC1. The van der Waals surface area contributed by atoms with Crippen LogP contribution >= 0.6 is 0 Å². The van der Waals surface area contributed by atoms with Gasteiger partial charge in [-0.15, -0.1) is 4.31 Å². The number of rotatable bonds is 8. The van der Waals surface area contributed by atoms with Crippen molar-refractivity contribution in [3.63, 3.8) is 0 Å². The molecule has 0 aromatic rings. The van der Waals surface area contributed by atoms with Crippen molar-refractivity contribution >= 4 is 10.4 Å². The van der Waals surface area contributed by atoms with E-state index in [0.717, 1.165) is 0 Å². The van der Waals surface area contributed by atoms with Crippen molar-refractivity contribution in [3.05, 3.63) is 0 Å². The van der Waals surface area contributed by atoms with Crippen molar-refractivity contribution in [1.82, 2.24) is 30.9 Å². The summed E-state index contributed by atoms with van der Waals surface area (Å²) >= 11 is 0. The maximum atomic E-state index is 13.8. The molecular formula is C23H38F8N6O3S. The highest BCUT2D eigenvalue weighted by molar-refractivity contribution is 7.96. The molecule has 18 heteroatoms. The number of hydrogen-bond acceptors (Lipinski definition) is 8. The van der Waals surface area contributed by atoms with Gasteiger partial charge in [0.15, 0.2) is 6.35 Å². The fourth-order valence-corrected chi connectivity index (χ4v) is 7.99. The maximum absolute atomic E-state index is 13.8. The van der Waals surface area contributed by atoms with Crippen molar-refractivity contribution in [3.8, 4) is 0 Å². The lowest BCUT2D eigenvalue weighted by Gasteiger charge is -2.44. The first-order valence-corrected chi connectivity index (χ1v) is 15.4. The van der Waals surface area contributed by atoms with Crippen LogP contribution in [0.1, 0.15) is 57.8 Å². The highest BCUT2D eigenvalue weighted by Gasteiger charge is 2.46. The first-order chi connectivity index (χ1) is 19.1. The Balaban J connectivity index is 1.32. The molecule has 9 atom stereocenters. The number of halogens is 8. The molecule has 2 aliphatic carbocycles. The molecule has 0 radical (unpaired) electrons. The number of hydrogen-bond donors (Lipinski definition) is 5. The van der Waals surface area contributed by atoms with Crippen LogP contribution in [0.25, 0.3) is 0 Å². The molecule has 5 N–H and O–H groups in total. The summed E-state index contributed by atoms with van der Waals surface area (Å²) in [5, 5.41) is 13.8. The predicted molar refractivity (Wildman–Crippen MR) is 132 cm³/mol. The number of nitrogens with one attached hydrogen (secondary N) is 5.